The minimum atomic E-state index is -4.78. The summed E-state index contributed by atoms with van der Waals surface area (Å²) in [4.78, 5) is 38.5. The number of hydrogen-bond acceptors (Lipinski definition) is 10. The van der Waals surface area contributed by atoms with Crippen LogP contribution in [0.5, 0.6) is 0 Å². The van der Waals surface area contributed by atoms with Gasteiger partial charge in [0.25, 0.3) is 0 Å². The number of carboxylic acid groups (broad SMARTS) is 1. The zero-order valence-electron chi connectivity index (χ0n) is 27.7. The molecule has 3 atom stereocenters. The van der Waals surface area contributed by atoms with Gasteiger partial charge in [-0.3, -0.25) is 0 Å². The molecule has 260 valence electrons. The molecule has 0 amide bonds. The fraction of sp³-hybridized carbons (Fsp3) is 0.867. The molecule has 0 heterocycles. The number of unbranched alkanes of at least 4 members (excludes halogenated alkanes) is 1. The summed E-state index contributed by atoms with van der Waals surface area (Å²) in [5.74, 6) is -2.72. The Labute approximate surface area is 267 Å². The maximum Gasteiger partial charge on any atom is 0.510 e. The predicted octanol–water partition coefficient (Wildman–Crippen LogP) is 6.95. The average Bonchev–Trinajstić information content (AvgIpc) is 2.97. The van der Waals surface area contributed by atoms with Crippen LogP contribution in [0.25, 0.3) is 0 Å². The molecule has 0 bridgehead atoms. The highest BCUT2D eigenvalue weighted by Crippen LogP contribution is 2.54. The Morgan fingerprint density at radius 2 is 1.27 bits per heavy atom. The normalized spacial score (nSPS) is 20.1. The first kappa shape index (κ1) is 38.6. The SMILES string of the molecule is CCCCC(C(=O)O)N(C)C(N)=NP(=O)(OC(OC(=O)OC1CCCCC1)C(C)C)OC(OC(=O)OC1CCCCC1)C(C)C. The van der Waals surface area contributed by atoms with Gasteiger partial charge in [0, 0.05) is 18.9 Å². The van der Waals surface area contributed by atoms with Gasteiger partial charge in [-0.2, -0.15) is 0 Å². The smallest absolute Gasteiger partial charge is 0.480 e. The maximum absolute atomic E-state index is 14.4. The predicted molar refractivity (Wildman–Crippen MR) is 166 cm³/mol. The van der Waals surface area contributed by atoms with E-state index in [0.717, 1.165) is 49.8 Å². The zero-order valence-corrected chi connectivity index (χ0v) is 28.6. The summed E-state index contributed by atoms with van der Waals surface area (Å²) < 4.78 is 51.6. The zero-order chi connectivity index (χ0) is 33.6. The lowest BCUT2D eigenvalue weighted by atomic mass is 9.98. The first-order valence-electron chi connectivity index (χ1n) is 16.3. The molecule has 2 aliphatic carbocycles. The molecule has 0 aliphatic heterocycles. The molecule has 0 aromatic carbocycles. The fourth-order valence-corrected chi connectivity index (χ4v) is 6.65. The Balaban J connectivity index is 2.34. The summed E-state index contributed by atoms with van der Waals surface area (Å²) in [6.45, 7) is 8.55. The van der Waals surface area contributed by atoms with E-state index in [9.17, 15) is 24.1 Å². The van der Waals surface area contributed by atoms with Crippen LogP contribution in [0.2, 0.25) is 0 Å². The van der Waals surface area contributed by atoms with Crippen LogP contribution < -0.4 is 5.73 Å². The molecular formula is C30H54N3O11P. The molecule has 0 aromatic rings. The molecule has 0 saturated heterocycles. The molecule has 0 aromatic heterocycles. The van der Waals surface area contributed by atoms with Gasteiger partial charge in [-0.15, -0.1) is 4.76 Å². The van der Waals surface area contributed by atoms with Gasteiger partial charge in [-0.25, -0.2) is 28.0 Å². The van der Waals surface area contributed by atoms with Crippen molar-refractivity contribution in [3.05, 3.63) is 0 Å². The van der Waals surface area contributed by atoms with Crippen molar-refractivity contribution in [3.63, 3.8) is 0 Å². The molecule has 14 nitrogen and oxygen atoms in total. The number of rotatable bonds is 16. The summed E-state index contributed by atoms with van der Waals surface area (Å²) >= 11 is 0. The lowest BCUT2D eigenvalue weighted by Crippen LogP contribution is -2.46. The monoisotopic (exact) mass is 663 g/mol. The number of nitrogens with two attached hydrogens (primary N) is 1. The van der Waals surface area contributed by atoms with Crippen LogP contribution in [0.1, 0.15) is 118 Å². The summed E-state index contributed by atoms with van der Waals surface area (Å²) in [6, 6.07) is -1.08. The molecular weight excluding hydrogens is 609 g/mol. The Kier molecular flexibility index (Phi) is 16.5. The van der Waals surface area contributed by atoms with Crippen LogP contribution in [-0.4, -0.2) is 72.1 Å². The van der Waals surface area contributed by atoms with Crippen LogP contribution >= 0.6 is 7.75 Å². The molecule has 3 N–H and O–H groups in total. The first-order chi connectivity index (χ1) is 21.2. The van der Waals surface area contributed by atoms with Crippen molar-refractivity contribution in [1.82, 2.24) is 4.90 Å². The lowest BCUT2D eigenvalue weighted by Gasteiger charge is -2.30. The molecule has 2 rings (SSSR count). The molecule has 2 saturated carbocycles. The van der Waals surface area contributed by atoms with E-state index in [-0.39, 0.29) is 18.6 Å². The Bertz CT molecular complexity index is 961. The first-order valence-corrected chi connectivity index (χ1v) is 17.8. The molecule has 0 radical (unpaired) electrons. The number of carbonyl (C=O) groups excluding carboxylic acids is 2. The second-order valence-electron chi connectivity index (χ2n) is 12.5. The van der Waals surface area contributed by atoms with Crippen molar-refractivity contribution in [2.45, 2.75) is 149 Å². The van der Waals surface area contributed by atoms with Gasteiger partial charge in [0.05, 0.1) is 0 Å². The van der Waals surface area contributed by atoms with Gasteiger partial charge in [-0.1, -0.05) is 60.3 Å². The quantitative estimate of drug-likeness (QED) is 0.0568. The van der Waals surface area contributed by atoms with Gasteiger partial charge < -0.3 is 34.7 Å². The highest BCUT2D eigenvalue weighted by molar-refractivity contribution is 7.52. The molecule has 0 spiro atoms. The van der Waals surface area contributed by atoms with Crippen molar-refractivity contribution >= 4 is 32.0 Å². The van der Waals surface area contributed by atoms with Crippen molar-refractivity contribution < 1.29 is 52.1 Å². The third kappa shape index (κ3) is 13.8. The van der Waals surface area contributed by atoms with Gasteiger partial charge in [0.1, 0.15) is 18.2 Å². The topological polar surface area (TPSA) is 186 Å². The van der Waals surface area contributed by atoms with E-state index in [1.165, 1.54) is 7.05 Å². The highest BCUT2D eigenvalue weighted by Gasteiger charge is 2.40. The number of carbonyl (C=O) groups is 3. The summed E-state index contributed by atoms with van der Waals surface area (Å²) in [5, 5.41) is 9.79. The van der Waals surface area contributed by atoms with Crippen molar-refractivity contribution in [2.24, 2.45) is 22.3 Å². The second-order valence-corrected chi connectivity index (χ2v) is 14.0. The van der Waals surface area contributed by atoms with E-state index in [4.69, 9.17) is 33.7 Å². The molecule has 15 heteroatoms. The molecule has 3 unspecified atom stereocenters. The van der Waals surface area contributed by atoms with Crippen molar-refractivity contribution in [1.29, 1.82) is 0 Å². The number of nitrogens with zero attached hydrogens (tertiary/aromatic N) is 2. The van der Waals surface area contributed by atoms with E-state index in [0.29, 0.717) is 32.1 Å². The second kappa shape index (κ2) is 19.2. The van der Waals surface area contributed by atoms with E-state index in [2.05, 4.69) is 4.76 Å². The van der Waals surface area contributed by atoms with Gasteiger partial charge in [0.2, 0.25) is 18.5 Å². The summed E-state index contributed by atoms with van der Waals surface area (Å²) in [7, 11) is -3.38. The average molecular weight is 664 g/mol. The van der Waals surface area contributed by atoms with E-state index < -0.39 is 62.4 Å². The van der Waals surface area contributed by atoms with E-state index in [1.807, 2.05) is 6.92 Å². The number of guanidine groups is 1. The molecule has 45 heavy (non-hydrogen) atoms. The molecule has 2 aliphatic rings. The highest BCUT2D eigenvalue weighted by atomic mass is 31.2. The fourth-order valence-electron chi connectivity index (χ4n) is 5.01. The number of likely N-dealkylation sites (N-methyl/N-ethyl adjacent to an activating group) is 1. The van der Waals surface area contributed by atoms with Crippen LogP contribution in [0, 0.1) is 11.8 Å². The van der Waals surface area contributed by atoms with Crippen LogP contribution in [0.3, 0.4) is 0 Å². The van der Waals surface area contributed by atoms with Gasteiger partial charge >= 0.3 is 26.0 Å². The van der Waals surface area contributed by atoms with E-state index >= 15 is 0 Å². The Morgan fingerprint density at radius 1 is 0.844 bits per heavy atom. The van der Waals surface area contributed by atoms with Crippen molar-refractivity contribution in [3.8, 4) is 0 Å². The third-order valence-electron chi connectivity index (χ3n) is 7.79. The number of aliphatic carboxylic acids is 1. The standard InChI is InChI=1S/C30H54N3O11P/c1-7-8-19-24(25(34)35)33(6)28(31)32-45(38,43-26(20(2)3)41-29(36)39-22-15-11-9-12-16-22)44-27(21(4)5)42-30(37)40-23-17-13-10-14-18-23/h20-24,26-27H,7-19H2,1-6H3,(H,34,35)(H2,31,32,38). The minimum absolute atomic E-state index is 0.250. The van der Waals surface area contributed by atoms with Crippen molar-refractivity contribution in [2.75, 3.05) is 7.05 Å². The Hall–Kier alpha value is -2.57. The minimum Gasteiger partial charge on any atom is -0.480 e. The largest absolute Gasteiger partial charge is 0.510 e. The number of ether oxygens (including phenoxy) is 4. The van der Waals surface area contributed by atoms with E-state index in [1.54, 1.807) is 27.7 Å². The Morgan fingerprint density at radius 3 is 1.62 bits per heavy atom. The lowest BCUT2D eigenvalue weighted by molar-refractivity contribution is -0.142. The third-order valence-corrected chi connectivity index (χ3v) is 9.19. The number of hydrogen-bond donors (Lipinski definition) is 2. The van der Waals surface area contributed by atoms with Crippen LogP contribution in [0.15, 0.2) is 4.76 Å². The van der Waals surface area contributed by atoms with Crippen LogP contribution in [0.4, 0.5) is 9.59 Å². The van der Waals surface area contributed by atoms with Crippen LogP contribution in [-0.2, 0) is 37.4 Å². The van der Waals surface area contributed by atoms with Gasteiger partial charge in [-0.05, 0) is 57.8 Å². The maximum atomic E-state index is 14.4. The molecule has 2 fully saturated rings. The number of carboxylic acids is 1. The summed E-state index contributed by atoms with van der Waals surface area (Å²) in [6.07, 6.45) is 4.77. The summed E-state index contributed by atoms with van der Waals surface area (Å²) in [5.41, 5.74) is 6.18. The van der Waals surface area contributed by atoms with Gasteiger partial charge in [0.15, 0.2) is 0 Å².